The highest BCUT2D eigenvalue weighted by atomic mass is 16.5. The van der Waals surface area contributed by atoms with Crippen molar-refractivity contribution in [2.24, 2.45) is 0 Å². The Morgan fingerprint density at radius 2 is 2.00 bits per heavy atom. The molecule has 0 aliphatic carbocycles. The lowest BCUT2D eigenvalue weighted by atomic mass is 10.1. The average Bonchev–Trinajstić information content (AvgIpc) is 2.52. The van der Waals surface area contributed by atoms with E-state index in [-0.39, 0.29) is 6.10 Å². The Labute approximate surface area is 119 Å². The summed E-state index contributed by atoms with van der Waals surface area (Å²) in [5.41, 5.74) is 1.13. The van der Waals surface area contributed by atoms with Crippen LogP contribution in [-0.2, 0) is 4.74 Å². The third-order valence-electron chi connectivity index (χ3n) is 2.82. The highest BCUT2D eigenvalue weighted by Gasteiger charge is 2.11. The Morgan fingerprint density at radius 3 is 2.70 bits per heavy atom. The number of anilines is 1. The summed E-state index contributed by atoms with van der Waals surface area (Å²) in [5, 5.41) is 3.18. The average molecular weight is 273 g/mol. The maximum atomic E-state index is 5.76. The van der Waals surface area contributed by atoms with Crippen LogP contribution in [0.3, 0.4) is 0 Å². The second-order valence-electron chi connectivity index (χ2n) is 4.16. The van der Waals surface area contributed by atoms with Gasteiger partial charge in [-0.2, -0.15) is 4.98 Å². The normalized spacial score (nSPS) is 11.9. The molecule has 0 radical (unpaired) electrons. The molecule has 5 heteroatoms. The lowest BCUT2D eigenvalue weighted by Crippen LogP contribution is -2.17. The number of methoxy groups -OCH3 is 1. The van der Waals surface area contributed by atoms with Gasteiger partial charge < -0.3 is 14.8 Å². The molecule has 0 saturated carbocycles. The quantitative estimate of drug-likeness (QED) is 0.840. The topological polar surface area (TPSA) is 56.3 Å². The van der Waals surface area contributed by atoms with Crippen molar-refractivity contribution >= 4 is 5.95 Å². The molecule has 20 heavy (non-hydrogen) atoms. The van der Waals surface area contributed by atoms with Gasteiger partial charge in [0.25, 0.3) is 0 Å². The van der Waals surface area contributed by atoms with Crippen LogP contribution in [0, 0.1) is 0 Å². The number of ether oxygens (including phenoxy) is 2. The molecule has 106 valence electrons. The van der Waals surface area contributed by atoms with E-state index in [4.69, 9.17) is 9.47 Å². The van der Waals surface area contributed by atoms with Crippen LogP contribution in [0.4, 0.5) is 5.95 Å². The number of hydrogen-bond acceptors (Lipinski definition) is 5. The zero-order valence-electron chi connectivity index (χ0n) is 11.7. The molecular weight excluding hydrogens is 254 g/mol. The molecule has 1 aromatic heterocycles. The van der Waals surface area contributed by atoms with Gasteiger partial charge in [0.2, 0.25) is 11.8 Å². The smallest absolute Gasteiger partial charge is 0.226 e. The first-order chi connectivity index (χ1) is 9.83. The van der Waals surface area contributed by atoms with Crippen LogP contribution >= 0.6 is 0 Å². The second kappa shape index (κ2) is 7.45. The summed E-state index contributed by atoms with van der Waals surface area (Å²) in [6.07, 6.45) is 1.63. The number of nitrogens with zero attached hydrogens (tertiary/aromatic N) is 2. The van der Waals surface area contributed by atoms with Crippen molar-refractivity contribution in [2.75, 3.05) is 25.6 Å². The first kappa shape index (κ1) is 14.3. The van der Waals surface area contributed by atoms with Gasteiger partial charge in [-0.15, -0.1) is 0 Å². The SMILES string of the molecule is CCOC(CNc1nccc(OC)n1)c1ccccc1. The fourth-order valence-electron chi connectivity index (χ4n) is 1.87. The molecule has 1 heterocycles. The van der Waals surface area contributed by atoms with Gasteiger partial charge in [0, 0.05) is 25.4 Å². The molecule has 0 aliphatic heterocycles. The minimum absolute atomic E-state index is 0.0315. The highest BCUT2D eigenvalue weighted by Crippen LogP contribution is 2.17. The van der Waals surface area contributed by atoms with E-state index in [1.165, 1.54) is 0 Å². The van der Waals surface area contributed by atoms with E-state index in [0.29, 0.717) is 25.0 Å². The molecule has 0 fully saturated rings. The summed E-state index contributed by atoms with van der Waals surface area (Å²) in [6.45, 7) is 3.24. The fraction of sp³-hybridized carbons (Fsp3) is 0.333. The van der Waals surface area contributed by atoms with Crippen molar-refractivity contribution < 1.29 is 9.47 Å². The summed E-state index contributed by atoms with van der Waals surface area (Å²) in [4.78, 5) is 8.37. The summed E-state index contributed by atoms with van der Waals surface area (Å²) < 4.78 is 10.8. The van der Waals surface area contributed by atoms with E-state index in [0.717, 1.165) is 5.56 Å². The largest absolute Gasteiger partial charge is 0.481 e. The zero-order valence-corrected chi connectivity index (χ0v) is 11.7. The van der Waals surface area contributed by atoms with E-state index < -0.39 is 0 Å². The standard InChI is InChI=1S/C15H19N3O2/c1-3-20-13(12-7-5-4-6-8-12)11-17-15-16-10-9-14(18-15)19-2/h4-10,13H,3,11H2,1-2H3,(H,16,17,18). The van der Waals surface area contributed by atoms with E-state index in [1.807, 2.05) is 25.1 Å². The summed E-state index contributed by atoms with van der Waals surface area (Å²) >= 11 is 0. The molecule has 1 aromatic carbocycles. The minimum Gasteiger partial charge on any atom is -0.481 e. The van der Waals surface area contributed by atoms with Crippen LogP contribution in [0.25, 0.3) is 0 Å². The molecule has 0 aliphatic rings. The number of aromatic nitrogens is 2. The molecular formula is C15H19N3O2. The van der Waals surface area contributed by atoms with Crippen LogP contribution < -0.4 is 10.1 Å². The van der Waals surface area contributed by atoms with Crippen LogP contribution in [-0.4, -0.2) is 30.2 Å². The van der Waals surface area contributed by atoms with E-state index >= 15 is 0 Å². The predicted molar refractivity (Wildman–Crippen MR) is 77.9 cm³/mol. The molecule has 1 atom stereocenters. The number of benzene rings is 1. The third kappa shape index (κ3) is 3.93. The van der Waals surface area contributed by atoms with E-state index in [1.54, 1.807) is 19.4 Å². The number of nitrogens with one attached hydrogen (secondary N) is 1. The van der Waals surface area contributed by atoms with Gasteiger partial charge in [0.05, 0.1) is 13.2 Å². The van der Waals surface area contributed by atoms with Crippen LogP contribution in [0.1, 0.15) is 18.6 Å². The molecule has 2 rings (SSSR count). The van der Waals surface area contributed by atoms with Gasteiger partial charge in [-0.1, -0.05) is 30.3 Å². The Hall–Kier alpha value is -2.14. The Morgan fingerprint density at radius 1 is 1.20 bits per heavy atom. The van der Waals surface area contributed by atoms with Gasteiger partial charge in [-0.25, -0.2) is 4.98 Å². The van der Waals surface area contributed by atoms with Crippen molar-refractivity contribution in [3.63, 3.8) is 0 Å². The van der Waals surface area contributed by atoms with E-state index in [2.05, 4.69) is 27.4 Å². The first-order valence-electron chi connectivity index (χ1n) is 6.61. The van der Waals surface area contributed by atoms with Crippen LogP contribution in [0.5, 0.6) is 5.88 Å². The number of hydrogen-bond donors (Lipinski definition) is 1. The molecule has 1 unspecified atom stereocenters. The predicted octanol–water partition coefficient (Wildman–Crippen LogP) is 2.67. The van der Waals surface area contributed by atoms with Crippen molar-refractivity contribution in [3.05, 3.63) is 48.2 Å². The van der Waals surface area contributed by atoms with Gasteiger partial charge in [-0.3, -0.25) is 0 Å². The second-order valence-corrected chi connectivity index (χ2v) is 4.16. The maximum Gasteiger partial charge on any atom is 0.226 e. The van der Waals surface area contributed by atoms with Gasteiger partial charge in [0.1, 0.15) is 0 Å². The summed E-state index contributed by atoms with van der Waals surface area (Å²) in [6, 6.07) is 11.8. The first-order valence-corrected chi connectivity index (χ1v) is 6.61. The molecule has 0 saturated heterocycles. The van der Waals surface area contributed by atoms with Crippen LogP contribution in [0.15, 0.2) is 42.6 Å². The van der Waals surface area contributed by atoms with E-state index in [9.17, 15) is 0 Å². The lowest BCUT2D eigenvalue weighted by molar-refractivity contribution is 0.0717. The summed E-state index contributed by atoms with van der Waals surface area (Å²) in [7, 11) is 1.58. The molecule has 0 spiro atoms. The zero-order chi connectivity index (χ0) is 14.2. The van der Waals surface area contributed by atoms with Crippen molar-refractivity contribution in [1.82, 2.24) is 9.97 Å². The monoisotopic (exact) mass is 273 g/mol. The third-order valence-corrected chi connectivity index (χ3v) is 2.82. The molecule has 0 amide bonds. The molecule has 2 aromatic rings. The Bertz CT molecular complexity index is 520. The lowest BCUT2D eigenvalue weighted by Gasteiger charge is -2.18. The van der Waals surface area contributed by atoms with Gasteiger partial charge in [0.15, 0.2) is 0 Å². The molecule has 1 N–H and O–H groups in total. The van der Waals surface area contributed by atoms with Crippen LogP contribution in [0.2, 0.25) is 0 Å². The highest BCUT2D eigenvalue weighted by molar-refractivity contribution is 5.29. The molecule has 5 nitrogen and oxygen atoms in total. The van der Waals surface area contributed by atoms with Gasteiger partial charge >= 0.3 is 0 Å². The minimum atomic E-state index is -0.0315. The van der Waals surface area contributed by atoms with Crippen molar-refractivity contribution in [2.45, 2.75) is 13.0 Å². The fourth-order valence-corrected chi connectivity index (χ4v) is 1.87. The van der Waals surface area contributed by atoms with Crippen molar-refractivity contribution in [3.8, 4) is 5.88 Å². The summed E-state index contributed by atoms with van der Waals surface area (Å²) in [5.74, 6) is 1.07. The number of rotatable bonds is 7. The Kier molecular flexibility index (Phi) is 5.32. The van der Waals surface area contributed by atoms with Gasteiger partial charge in [-0.05, 0) is 12.5 Å². The Balaban J connectivity index is 2.02. The van der Waals surface area contributed by atoms with Crippen molar-refractivity contribution in [1.29, 1.82) is 0 Å². The maximum absolute atomic E-state index is 5.76. The molecule has 0 bridgehead atoms.